The average Bonchev–Trinajstić information content (AvgIpc) is 3.00. The van der Waals surface area contributed by atoms with Crippen LogP contribution in [0.3, 0.4) is 0 Å². The van der Waals surface area contributed by atoms with Gasteiger partial charge in [0.15, 0.2) is 11.5 Å². The van der Waals surface area contributed by atoms with Crippen molar-refractivity contribution in [2.45, 2.75) is 31.7 Å². The maximum atomic E-state index is 12.3. The molecule has 6 heteroatoms. The predicted molar refractivity (Wildman–Crippen MR) is 87.1 cm³/mol. The lowest BCUT2D eigenvalue weighted by atomic mass is 9.70. The SMILES string of the molecule is Cc1nc2c(CCNC(=O)N3C[C@@H]4CC[C@]4(N)C3)cccc2o1. The molecule has 1 aliphatic heterocycles. The zero-order valence-corrected chi connectivity index (χ0v) is 13.3. The standard InChI is InChI=1S/C17H22N4O2/c1-11-20-15-12(3-2-4-14(15)23-11)6-8-19-16(22)21-9-13-5-7-17(13,18)10-21/h2-4,13H,5-10,18H2,1H3,(H,19,22)/t13-,17-/m0/s1. The molecule has 1 aromatic heterocycles. The number of nitrogens with zero attached hydrogens (tertiary/aromatic N) is 2. The number of rotatable bonds is 3. The van der Waals surface area contributed by atoms with Gasteiger partial charge in [-0.05, 0) is 36.8 Å². The highest BCUT2D eigenvalue weighted by Crippen LogP contribution is 2.42. The molecule has 0 radical (unpaired) electrons. The second-order valence-electron chi connectivity index (χ2n) is 6.83. The Kier molecular flexibility index (Phi) is 3.30. The Morgan fingerprint density at radius 1 is 1.57 bits per heavy atom. The molecule has 2 heterocycles. The lowest BCUT2D eigenvalue weighted by molar-refractivity contribution is 0.187. The second-order valence-corrected chi connectivity index (χ2v) is 6.83. The summed E-state index contributed by atoms with van der Waals surface area (Å²) in [6, 6.07) is 5.90. The maximum absolute atomic E-state index is 12.3. The Morgan fingerprint density at radius 2 is 2.43 bits per heavy atom. The number of oxazole rings is 1. The van der Waals surface area contributed by atoms with Crippen LogP contribution >= 0.6 is 0 Å². The molecule has 122 valence electrons. The summed E-state index contributed by atoms with van der Waals surface area (Å²) in [7, 11) is 0. The molecule has 2 fully saturated rings. The lowest BCUT2D eigenvalue weighted by Crippen LogP contribution is -2.55. The molecule has 2 aromatic rings. The first-order valence-electron chi connectivity index (χ1n) is 8.22. The summed E-state index contributed by atoms with van der Waals surface area (Å²) in [5.41, 5.74) is 8.94. The molecule has 2 aliphatic rings. The number of nitrogens with one attached hydrogen (secondary N) is 1. The number of carbonyl (C=O) groups excluding carboxylic acids is 1. The first-order valence-corrected chi connectivity index (χ1v) is 8.22. The van der Waals surface area contributed by atoms with Crippen molar-refractivity contribution in [1.29, 1.82) is 0 Å². The minimum absolute atomic E-state index is 0.00673. The van der Waals surface area contributed by atoms with E-state index in [1.54, 1.807) is 0 Å². The maximum Gasteiger partial charge on any atom is 0.317 e. The number of carbonyl (C=O) groups is 1. The van der Waals surface area contributed by atoms with Crippen LogP contribution in [0.25, 0.3) is 11.1 Å². The van der Waals surface area contributed by atoms with E-state index in [9.17, 15) is 4.79 Å². The van der Waals surface area contributed by atoms with Crippen LogP contribution in [0.4, 0.5) is 4.79 Å². The predicted octanol–water partition coefficient (Wildman–Crippen LogP) is 1.81. The Labute approximate surface area is 135 Å². The van der Waals surface area contributed by atoms with Crippen molar-refractivity contribution in [3.8, 4) is 0 Å². The number of aryl methyl sites for hydroxylation is 1. The van der Waals surface area contributed by atoms with Gasteiger partial charge in [-0.3, -0.25) is 0 Å². The van der Waals surface area contributed by atoms with Gasteiger partial charge in [0.25, 0.3) is 0 Å². The van der Waals surface area contributed by atoms with Gasteiger partial charge >= 0.3 is 6.03 Å². The van der Waals surface area contributed by atoms with E-state index >= 15 is 0 Å². The monoisotopic (exact) mass is 314 g/mol. The highest BCUT2D eigenvalue weighted by Gasteiger charge is 2.51. The van der Waals surface area contributed by atoms with Gasteiger partial charge in [-0.25, -0.2) is 9.78 Å². The Balaban J connectivity index is 1.35. The van der Waals surface area contributed by atoms with E-state index in [-0.39, 0.29) is 11.6 Å². The number of para-hydroxylation sites is 1. The molecule has 2 amide bonds. The van der Waals surface area contributed by atoms with Crippen molar-refractivity contribution >= 4 is 17.1 Å². The van der Waals surface area contributed by atoms with Crippen molar-refractivity contribution in [3.05, 3.63) is 29.7 Å². The number of hydrogen-bond donors (Lipinski definition) is 2. The summed E-state index contributed by atoms with van der Waals surface area (Å²) < 4.78 is 5.54. The van der Waals surface area contributed by atoms with Gasteiger partial charge in [0.2, 0.25) is 0 Å². The smallest absolute Gasteiger partial charge is 0.317 e. The Morgan fingerprint density at radius 3 is 3.13 bits per heavy atom. The van der Waals surface area contributed by atoms with Crippen LogP contribution in [0.5, 0.6) is 0 Å². The molecular formula is C17H22N4O2. The first-order chi connectivity index (χ1) is 11.0. The van der Waals surface area contributed by atoms with E-state index in [1.807, 2.05) is 30.0 Å². The van der Waals surface area contributed by atoms with Gasteiger partial charge in [-0.2, -0.15) is 0 Å². The number of likely N-dealkylation sites (tertiary alicyclic amines) is 1. The van der Waals surface area contributed by atoms with Gasteiger partial charge in [-0.15, -0.1) is 0 Å². The minimum atomic E-state index is -0.124. The number of benzene rings is 1. The minimum Gasteiger partial charge on any atom is -0.441 e. The van der Waals surface area contributed by atoms with E-state index < -0.39 is 0 Å². The summed E-state index contributed by atoms with van der Waals surface area (Å²) in [6.45, 7) is 3.90. The van der Waals surface area contributed by atoms with Crippen LogP contribution in [0, 0.1) is 12.8 Å². The molecule has 1 saturated heterocycles. The zero-order valence-electron chi connectivity index (χ0n) is 13.3. The van der Waals surface area contributed by atoms with Crippen LogP contribution in [-0.4, -0.2) is 41.1 Å². The number of nitrogens with two attached hydrogens (primary N) is 1. The number of aromatic nitrogens is 1. The zero-order chi connectivity index (χ0) is 16.0. The lowest BCUT2D eigenvalue weighted by Gasteiger charge is -2.39. The number of amides is 2. The fourth-order valence-electron chi connectivity index (χ4n) is 3.78. The fraction of sp³-hybridized carbons (Fsp3) is 0.529. The van der Waals surface area contributed by atoms with Crippen molar-refractivity contribution < 1.29 is 9.21 Å². The number of urea groups is 1. The quantitative estimate of drug-likeness (QED) is 0.905. The molecule has 0 bridgehead atoms. The Hall–Kier alpha value is -2.08. The van der Waals surface area contributed by atoms with Crippen molar-refractivity contribution in [1.82, 2.24) is 15.2 Å². The average molecular weight is 314 g/mol. The van der Waals surface area contributed by atoms with Gasteiger partial charge < -0.3 is 20.4 Å². The fourth-order valence-corrected chi connectivity index (χ4v) is 3.78. The highest BCUT2D eigenvalue weighted by atomic mass is 16.3. The molecule has 6 nitrogen and oxygen atoms in total. The summed E-state index contributed by atoms with van der Waals surface area (Å²) in [6.07, 6.45) is 2.92. The van der Waals surface area contributed by atoms with Crippen molar-refractivity contribution in [3.63, 3.8) is 0 Å². The summed E-state index contributed by atoms with van der Waals surface area (Å²) in [5.74, 6) is 1.15. The Bertz CT molecular complexity index is 756. The van der Waals surface area contributed by atoms with E-state index in [0.717, 1.165) is 42.5 Å². The largest absolute Gasteiger partial charge is 0.441 e. The van der Waals surface area contributed by atoms with Crippen LogP contribution in [0.15, 0.2) is 22.6 Å². The molecule has 0 unspecified atom stereocenters. The van der Waals surface area contributed by atoms with Gasteiger partial charge in [-0.1, -0.05) is 12.1 Å². The molecule has 1 aromatic carbocycles. The molecule has 3 N–H and O–H groups in total. The highest BCUT2D eigenvalue weighted by molar-refractivity contribution is 5.77. The van der Waals surface area contributed by atoms with Gasteiger partial charge in [0.1, 0.15) is 5.52 Å². The number of hydrogen-bond acceptors (Lipinski definition) is 4. The summed E-state index contributed by atoms with van der Waals surface area (Å²) >= 11 is 0. The molecule has 4 rings (SSSR count). The van der Waals surface area contributed by atoms with E-state index in [1.165, 1.54) is 0 Å². The summed E-state index contributed by atoms with van der Waals surface area (Å²) in [4.78, 5) is 18.6. The number of fused-ring (bicyclic) bond motifs is 2. The van der Waals surface area contributed by atoms with Crippen LogP contribution in [0.2, 0.25) is 0 Å². The molecular weight excluding hydrogens is 292 g/mol. The van der Waals surface area contributed by atoms with Gasteiger partial charge in [0, 0.05) is 32.1 Å². The third-order valence-corrected chi connectivity index (χ3v) is 5.26. The first kappa shape index (κ1) is 14.5. The second kappa shape index (κ2) is 5.23. The van der Waals surface area contributed by atoms with Gasteiger partial charge in [0.05, 0.1) is 0 Å². The van der Waals surface area contributed by atoms with Crippen LogP contribution < -0.4 is 11.1 Å². The normalized spacial score (nSPS) is 26.2. The molecule has 2 atom stereocenters. The third kappa shape index (κ3) is 2.47. The van der Waals surface area contributed by atoms with E-state index in [0.29, 0.717) is 24.9 Å². The topological polar surface area (TPSA) is 84.4 Å². The third-order valence-electron chi connectivity index (χ3n) is 5.26. The molecule has 23 heavy (non-hydrogen) atoms. The van der Waals surface area contributed by atoms with Crippen LogP contribution in [-0.2, 0) is 6.42 Å². The van der Waals surface area contributed by atoms with Crippen LogP contribution in [0.1, 0.15) is 24.3 Å². The molecule has 1 saturated carbocycles. The van der Waals surface area contributed by atoms with Crippen molar-refractivity contribution in [2.24, 2.45) is 11.7 Å². The van der Waals surface area contributed by atoms with E-state index in [2.05, 4.69) is 10.3 Å². The molecule has 0 spiro atoms. The molecule has 1 aliphatic carbocycles. The summed E-state index contributed by atoms with van der Waals surface area (Å²) in [5, 5.41) is 3.00. The van der Waals surface area contributed by atoms with E-state index in [4.69, 9.17) is 10.2 Å². The van der Waals surface area contributed by atoms with Crippen molar-refractivity contribution in [2.75, 3.05) is 19.6 Å².